The lowest BCUT2D eigenvalue weighted by molar-refractivity contribution is -0.120. The number of thioether (sulfide) groups is 1. The second-order valence-corrected chi connectivity index (χ2v) is 7.28. The van der Waals surface area contributed by atoms with Gasteiger partial charge in [0.25, 0.3) is 5.91 Å². The molecule has 0 aliphatic carbocycles. The summed E-state index contributed by atoms with van der Waals surface area (Å²) >= 11 is 7.32. The third kappa shape index (κ3) is 5.58. The molecule has 0 saturated carbocycles. The first-order chi connectivity index (χ1) is 11.5. The van der Waals surface area contributed by atoms with Crippen LogP contribution in [0.4, 0.5) is 5.69 Å². The molecule has 2 aromatic carbocycles. The number of carbonyl (C=O) groups excluding carboxylic acids is 1. The Balaban J connectivity index is 1.86. The molecule has 4 nitrogen and oxygen atoms in total. The monoisotopic (exact) mass is 361 g/mol. The fourth-order valence-corrected chi connectivity index (χ4v) is 2.88. The molecule has 1 amide bonds. The van der Waals surface area contributed by atoms with Crippen molar-refractivity contribution >= 4 is 41.2 Å². The maximum Gasteiger partial charge on any atom is 0.253 e. The molecule has 1 atom stereocenters. The second kappa shape index (κ2) is 8.76. The highest BCUT2D eigenvalue weighted by Gasteiger charge is 2.13. The van der Waals surface area contributed by atoms with Crippen molar-refractivity contribution in [2.45, 2.75) is 17.1 Å². The molecule has 2 aromatic rings. The van der Waals surface area contributed by atoms with E-state index in [4.69, 9.17) is 11.6 Å². The lowest BCUT2D eigenvalue weighted by Crippen LogP contribution is -2.26. The number of rotatable bonds is 6. The molecule has 0 radical (unpaired) electrons. The Labute approximate surface area is 151 Å². The molecule has 0 spiro atoms. The number of anilines is 1. The van der Waals surface area contributed by atoms with Gasteiger partial charge in [-0.25, -0.2) is 5.43 Å². The van der Waals surface area contributed by atoms with Crippen LogP contribution < -0.4 is 10.3 Å². The van der Waals surface area contributed by atoms with Crippen molar-refractivity contribution in [2.75, 3.05) is 19.0 Å². The van der Waals surface area contributed by atoms with Crippen molar-refractivity contribution in [1.82, 2.24) is 5.43 Å². The van der Waals surface area contributed by atoms with Crippen LogP contribution in [-0.2, 0) is 4.79 Å². The molecule has 0 aliphatic heterocycles. The zero-order valence-corrected chi connectivity index (χ0v) is 15.4. The van der Waals surface area contributed by atoms with Crippen molar-refractivity contribution in [3.05, 3.63) is 59.1 Å². The van der Waals surface area contributed by atoms with Crippen LogP contribution in [-0.4, -0.2) is 31.5 Å². The van der Waals surface area contributed by atoms with E-state index in [9.17, 15) is 4.79 Å². The van der Waals surface area contributed by atoms with Crippen LogP contribution in [0.25, 0.3) is 0 Å². The maximum absolute atomic E-state index is 12.1. The summed E-state index contributed by atoms with van der Waals surface area (Å²) in [4.78, 5) is 15.1. The van der Waals surface area contributed by atoms with Crippen LogP contribution in [0.3, 0.4) is 0 Å². The van der Waals surface area contributed by atoms with E-state index in [0.29, 0.717) is 5.02 Å². The van der Waals surface area contributed by atoms with E-state index >= 15 is 0 Å². The van der Waals surface area contributed by atoms with Gasteiger partial charge in [-0.3, -0.25) is 4.79 Å². The summed E-state index contributed by atoms with van der Waals surface area (Å²) in [5.41, 5.74) is 4.62. The Morgan fingerprint density at radius 2 is 1.79 bits per heavy atom. The van der Waals surface area contributed by atoms with Crippen LogP contribution in [0.15, 0.2) is 58.5 Å². The number of hydrogen-bond acceptors (Lipinski definition) is 4. The predicted molar refractivity (Wildman–Crippen MR) is 103 cm³/mol. The Hall–Kier alpha value is -1.98. The molecule has 126 valence electrons. The Bertz CT molecular complexity index is 699. The fraction of sp³-hybridized carbons (Fsp3) is 0.222. The zero-order chi connectivity index (χ0) is 17.5. The Morgan fingerprint density at radius 1 is 1.17 bits per heavy atom. The SMILES string of the molecule is C[C@@H](Sc1ccc(Cl)cc1)C(=O)N/N=C\c1ccc(N(C)C)cc1. The van der Waals surface area contributed by atoms with Gasteiger partial charge in [0.05, 0.1) is 11.5 Å². The molecule has 0 saturated heterocycles. The molecule has 0 fully saturated rings. The van der Waals surface area contributed by atoms with Gasteiger partial charge in [0.1, 0.15) is 0 Å². The summed E-state index contributed by atoms with van der Waals surface area (Å²) in [6.07, 6.45) is 1.64. The summed E-state index contributed by atoms with van der Waals surface area (Å²) in [6.45, 7) is 1.84. The summed E-state index contributed by atoms with van der Waals surface area (Å²) < 4.78 is 0. The summed E-state index contributed by atoms with van der Waals surface area (Å²) in [6, 6.07) is 15.3. The Morgan fingerprint density at radius 3 is 2.38 bits per heavy atom. The average Bonchev–Trinajstić information content (AvgIpc) is 2.57. The van der Waals surface area contributed by atoms with E-state index in [1.807, 2.05) is 74.4 Å². The molecular formula is C18H20ClN3OS. The van der Waals surface area contributed by atoms with E-state index in [1.165, 1.54) is 11.8 Å². The van der Waals surface area contributed by atoms with Gasteiger partial charge in [-0.2, -0.15) is 5.10 Å². The minimum atomic E-state index is -0.251. The van der Waals surface area contributed by atoms with E-state index in [1.54, 1.807) is 6.21 Å². The number of hydrazone groups is 1. The first kappa shape index (κ1) is 18.4. The quantitative estimate of drug-likeness (QED) is 0.480. The van der Waals surface area contributed by atoms with Crippen LogP contribution in [0.5, 0.6) is 0 Å². The van der Waals surface area contributed by atoms with Crippen molar-refractivity contribution in [2.24, 2.45) is 5.10 Å². The summed E-state index contributed by atoms with van der Waals surface area (Å²) in [5, 5.41) is 4.45. The van der Waals surface area contributed by atoms with Crippen molar-refractivity contribution in [1.29, 1.82) is 0 Å². The molecular weight excluding hydrogens is 342 g/mol. The molecule has 0 unspecified atom stereocenters. The molecule has 24 heavy (non-hydrogen) atoms. The topological polar surface area (TPSA) is 44.7 Å². The standard InChI is InChI=1S/C18H20ClN3OS/c1-13(24-17-10-6-15(19)7-11-17)18(23)21-20-12-14-4-8-16(9-5-14)22(2)3/h4-13H,1-3H3,(H,21,23)/b20-12-/t13-/m1/s1. The van der Waals surface area contributed by atoms with E-state index < -0.39 is 0 Å². The van der Waals surface area contributed by atoms with E-state index in [0.717, 1.165) is 16.1 Å². The Kier molecular flexibility index (Phi) is 6.70. The number of carbonyl (C=O) groups is 1. The van der Waals surface area contributed by atoms with Crippen LogP contribution in [0, 0.1) is 0 Å². The van der Waals surface area contributed by atoms with Crippen molar-refractivity contribution in [3.63, 3.8) is 0 Å². The van der Waals surface area contributed by atoms with E-state index in [2.05, 4.69) is 10.5 Å². The van der Waals surface area contributed by atoms with Gasteiger partial charge in [0.2, 0.25) is 0 Å². The van der Waals surface area contributed by atoms with Crippen LogP contribution in [0.2, 0.25) is 5.02 Å². The third-order valence-corrected chi connectivity index (χ3v) is 4.66. The van der Waals surface area contributed by atoms with Crippen molar-refractivity contribution in [3.8, 4) is 0 Å². The van der Waals surface area contributed by atoms with Crippen molar-refractivity contribution < 1.29 is 4.79 Å². The lowest BCUT2D eigenvalue weighted by Gasteiger charge is -2.11. The highest BCUT2D eigenvalue weighted by molar-refractivity contribution is 8.00. The minimum absolute atomic E-state index is 0.142. The van der Waals surface area contributed by atoms with Gasteiger partial charge < -0.3 is 4.90 Å². The molecule has 0 heterocycles. The number of halogens is 1. The molecule has 0 aromatic heterocycles. The molecule has 0 aliphatic rings. The van der Waals surface area contributed by atoms with Gasteiger partial charge in [-0.15, -0.1) is 11.8 Å². The number of amides is 1. The highest BCUT2D eigenvalue weighted by Crippen LogP contribution is 2.24. The molecule has 1 N–H and O–H groups in total. The van der Waals surface area contributed by atoms with Gasteiger partial charge in [-0.1, -0.05) is 23.7 Å². The number of nitrogens with zero attached hydrogens (tertiary/aromatic N) is 2. The fourth-order valence-electron chi connectivity index (χ4n) is 1.89. The number of benzene rings is 2. The second-order valence-electron chi connectivity index (χ2n) is 5.43. The van der Waals surface area contributed by atoms with Gasteiger partial charge in [-0.05, 0) is 48.9 Å². The normalized spacial score (nSPS) is 12.2. The largest absolute Gasteiger partial charge is 0.378 e. The number of nitrogens with one attached hydrogen (secondary N) is 1. The minimum Gasteiger partial charge on any atom is -0.378 e. The average molecular weight is 362 g/mol. The smallest absolute Gasteiger partial charge is 0.253 e. The lowest BCUT2D eigenvalue weighted by atomic mass is 10.2. The summed E-state index contributed by atoms with van der Waals surface area (Å²) in [5.74, 6) is -0.142. The molecule has 2 rings (SSSR count). The van der Waals surface area contributed by atoms with Crippen LogP contribution >= 0.6 is 23.4 Å². The van der Waals surface area contributed by atoms with Gasteiger partial charge >= 0.3 is 0 Å². The molecule has 6 heteroatoms. The number of hydrogen-bond donors (Lipinski definition) is 1. The van der Waals surface area contributed by atoms with Crippen LogP contribution in [0.1, 0.15) is 12.5 Å². The molecule has 0 bridgehead atoms. The highest BCUT2D eigenvalue weighted by atomic mass is 35.5. The van der Waals surface area contributed by atoms with Gasteiger partial charge in [0, 0.05) is 29.7 Å². The first-order valence-electron chi connectivity index (χ1n) is 7.48. The predicted octanol–water partition coefficient (Wildman–Crippen LogP) is 4.04. The maximum atomic E-state index is 12.1. The zero-order valence-electron chi connectivity index (χ0n) is 13.9. The summed E-state index contributed by atoms with van der Waals surface area (Å²) in [7, 11) is 3.98. The van der Waals surface area contributed by atoms with E-state index in [-0.39, 0.29) is 11.2 Å². The third-order valence-electron chi connectivity index (χ3n) is 3.29. The first-order valence-corrected chi connectivity index (χ1v) is 8.74. The van der Waals surface area contributed by atoms with Gasteiger partial charge in [0.15, 0.2) is 0 Å².